The third kappa shape index (κ3) is 5.97. The van der Waals surface area contributed by atoms with Crippen LogP contribution >= 0.6 is 0 Å². The molecule has 0 unspecified atom stereocenters. The lowest BCUT2D eigenvalue weighted by Crippen LogP contribution is -2.30. The molecule has 2 N–H and O–H groups in total. The SMILES string of the molecule is COCCCNCc1ccc(-c2ccc(S(=O)(=O)NC(C)C)cc2)o1. The van der Waals surface area contributed by atoms with Crippen LogP contribution in [-0.2, 0) is 21.3 Å². The fourth-order valence-electron chi connectivity index (χ4n) is 2.36. The van der Waals surface area contributed by atoms with Crippen LogP contribution in [0.3, 0.4) is 0 Å². The van der Waals surface area contributed by atoms with E-state index in [-0.39, 0.29) is 10.9 Å². The number of benzene rings is 1. The van der Waals surface area contributed by atoms with E-state index in [0.717, 1.165) is 36.7 Å². The van der Waals surface area contributed by atoms with E-state index in [0.29, 0.717) is 6.54 Å². The molecule has 0 saturated carbocycles. The van der Waals surface area contributed by atoms with Gasteiger partial charge in [-0.15, -0.1) is 0 Å². The summed E-state index contributed by atoms with van der Waals surface area (Å²) in [7, 11) is -1.79. The molecule has 1 aromatic carbocycles. The Morgan fingerprint density at radius 2 is 1.84 bits per heavy atom. The highest BCUT2D eigenvalue weighted by atomic mass is 32.2. The number of rotatable bonds is 10. The van der Waals surface area contributed by atoms with E-state index in [1.54, 1.807) is 45.2 Å². The Labute approximate surface area is 149 Å². The Balaban J connectivity index is 1.98. The molecule has 0 atom stereocenters. The lowest BCUT2D eigenvalue weighted by atomic mass is 10.2. The molecule has 0 spiro atoms. The van der Waals surface area contributed by atoms with Gasteiger partial charge in [0.2, 0.25) is 10.0 Å². The first-order valence-corrected chi connectivity index (χ1v) is 9.82. The summed E-state index contributed by atoms with van der Waals surface area (Å²) in [6.07, 6.45) is 0.949. The van der Waals surface area contributed by atoms with E-state index in [1.165, 1.54) is 0 Å². The fraction of sp³-hybridized carbons (Fsp3) is 0.444. The molecule has 2 rings (SSSR count). The summed E-state index contributed by atoms with van der Waals surface area (Å²) in [5.74, 6) is 1.56. The van der Waals surface area contributed by atoms with E-state index in [2.05, 4.69) is 10.0 Å². The molecule has 0 bridgehead atoms. The van der Waals surface area contributed by atoms with Crippen LogP contribution in [0.15, 0.2) is 45.7 Å². The Hall–Kier alpha value is -1.67. The summed E-state index contributed by atoms with van der Waals surface area (Å²) in [5, 5.41) is 3.29. The molecule has 0 amide bonds. The second-order valence-electron chi connectivity index (χ2n) is 6.09. The average molecular weight is 366 g/mol. The van der Waals surface area contributed by atoms with Crippen molar-refractivity contribution in [3.63, 3.8) is 0 Å². The zero-order valence-electron chi connectivity index (χ0n) is 14.9. The third-order valence-corrected chi connectivity index (χ3v) is 5.18. The van der Waals surface area contributed by atoms with Crippen molar-refractivity contribution in [3.05, 3.63) is 42.2 Å². The van der Waals surface area contributed by atoms with Gasteiger partial charge in [0.25, 0.3) is 0 Å². The number of ether oxygens (including phenoxy) is 1. The van der Waals surface area contributed by atoms with Crippen molar-refractivity contribution in [2.45, 2.75) is 37.8 Å². The van der Waals surface area contributed by atoms with E-state index in [9.17, 15) is 8.42 Å². The minimum Gasteiger partial charge on any atom is -0.460 e. The van der Waals surface area contributed by atoms with Gasteiger partial charge in [-0.05, 0) is 63.2 Å². The zero-order chi connectivity index (χ0) is 18.3. The lowest BCUT2D eigenvalue weighted by Gasteiger charge is -2.09. The highest BCUT2D eigenvalue weighted by Crippen LogP contribution is 2.23. The van der Waals surface area contributed by atoms with Gasteiger partial charge in [0, 0.05) is 25.3 Å². The Morgan fingerprint density at radius 1 is 1.12 bits per heavy atom. The first-order chi connectivity index (χ1) is 11.9. The second kappa shape index (κ2) is 9.15. The maximum atomic E-state index is 12.1. The smallest absolute Gasteiger partial charge is 0.240 e. The van der Waals surface area contributed by atoms with Crippen molar-refractivity contribution in [2.75, 3.05) is 20.3 Å². The normalized spacial score (nSPS) is 12.0. The predicted molar refractivity (Wildman–Crippen MR) is 97.8 cm³/mol. The van der Waals surface area contributed by atoms with Crippen LogP contribution in [0.25, 0.3) is 11.3 Å². The molecule has 2 aromatic rings. The number of hydrogen-bond donors (Lipinski definition) is 2. The molecule has 1 heterocycles. The van der Waals surface area contributed by atoms with Gasteiger partial charge >= 0.3 is 0 Å². The van der Waals surface area contributed by atoms with Gasteiger partial charge in [-0.2, -0.15) is 0 Å². The molecular weight excluding hydrogens is 340 g/mol. The first kappa shape index (κ1) is 19.7. The molecule has 25 heavy (non-hydrogen) atoms. The molecule has 1 aromatic heterocycles. The largest absolute Gasteiger partial charge is 0.460 e. The van der Waals surface area contributed by atoms with Gasteiger partial charge in [-0.3, -0.25) is 0 Å². The molecule has 0 aliphatic carbocycles. The second-order valence-corrected chi connectivity index (χ2v) is 7.80. The van der Waals surface area contributed by atoms with E-state index in [1.807, 2.05) is 12.1 Å². The number of methoxy groups -OCH3 is 1. The molecule has 138 valence electrons. The van der Waals surface area contributed by atoms with Crippen molar-refractivity contribution in [2.24, 2.45) is 0 Å². The van der Waals surface area contributed by atoms with Crippen LogP contribution in [0, 0.1) is 0 Å². The van der Waals surface area contributed by atoms with E-state index in [4.69, 9.17) is 9.15 Å². The average Bonchev–Trinajstić information content (AvgIpc) is 3.02. The number of furan rings is 1. The summed E-state index contributed by atoms with van der Waals surface area (Å²) in [6.45, 7) is 5.82. The van der Waals surface area contributed by atoms with Crippen LogP contribution in [-0.4, -0.2) is 34.7 Å². The Bertz CT molecular complexity index is 752. The summed E-state index contributed by atoms with van der Waals surface area (Å²) in [4.78, 5) is 0.247. The summed E-state index contributed by atoms with van der Waals surface area (Å²) >= 11 is 0. The van der Waals surface area contributed by atoms with Crippen LogP contribution in [0.1, 0.15) is 26.0 Å². The Kier molecular flexibility index (Phi) is 7.19. The Morgan fingerprint density at radius 3 is 2.48 bits per heavy atom. The van der Waals surface area contributed by atoms with Gasteiger partial charge < -0.3 is 14.5 Å². The molecule has 0 saturated heterocycles. The first-order valence-electron chi connectivity index (χ1n) is 8.33. The summed E-state index contributed by atoms with van der Waals surface area (Å²) in [5.41, 5.74) is 0.842. The number of nitrogens with one attached hydrogen (secondary N) is 2. The highest BCUT2D eigenvalue weighted by Gasteiger charge is 2.15. The number of hydrogen-bond acceptors (Lipinski definition) is 5. The molecule has 0 radical (unpaired) electrons. The lowest BCUT2D eigenvalue weighted by molar-refractivity contribution is 0.194. The monoisotopic (exact) mass is 366 g/mol. The van der Waals surface area contributed by atoms with Crippen molar-refractivity contribution in [1.82, 2.24) is 10.0 Å². The van der Waals surface area contributed by atoms with Crippen molar-refractivity contribution in [3.8, 4) is 11.3 Å². The molecule has 7 heteroatoms. The molecule has 0 aliphatic heterocycles. The summed E-state index contributed by atoms with van der Waals surface area (Å²) in [6, 6.07) is 10.4. The number of sulfonamides is 1. The maximum Gasteiger partial charge on any atom is 0.240 e. The van der Waals surface area contributed by atoms with E-state index >= 15 is 0 Å². The molecule has 0 fully saturated rings. The summed E-state index contributed by atoms with van der Waals surface area (Å²) < 4.78 is 37.6. The van der Waals surface area contributed by atoms with Crippen LogP contribution < -0.4 is 10.0 Å². The highest BCUT2D eigenvalue weighted by molar-refractivity contribution is 7.89. The molecular formula is C18H26N2O4S. The maximum absolute atomic E-state index is 12.1. The standard InChI is InChI=1S/C18H26N2O4S/c1-14(2)20-25(21,22)17-8-5-15(6-9-17)18-10-7-16(24-18)13-19-11-4-12-23-3/h5-10,14,19-20H,4,11-13H2,1-3H3. The van der Waals surface area contributed by atoms with Gasteiger partial charge in [0.1, 0.15) is 11.5 Å². The molecule has 6 nitrogen and oxygen atoms in total. The third-order valence-electron chi connectivity index (χ3n) is 3.50. The topological polar surface area (TPSA) is 80.6 Å². The van der Waals surface area contributed by atoms with Crippen LogP contribution in [0.5, 0.6) is 0 Å². The predicted octanol–water partition coefficient (Wildman–Crippen LogP) is 2.76. The minimum absolute atomic E-state index is 0.145. The van der Waals surface area contributed by atoms with E-state index < -0.39 is 10.0 Å². The van der Waals surface area contributed by atoms with Crippen molar-refractivity contribution in [1.29, 1.82) is 0 Å². The van der Waals surface area contributed by atoms with Crippen LogP contribution in [0.4, 0.5) is 0 Å². The van der Waals surface area contributed by atoms with Gasteiger partial charge in [-0.25, -0.2) is 13.1 Å². The van der Waals surface area contributed by atoms with Crippen molar-refractivity contribution >= 4 is 10.0 Å². The zero-order valence-corrected chi connectivity index (χ0v) is 15.7. The van der Waals surface area contributed by atoms with Gasteiger partial charge in [0.15, 0.2) is 0 Å². The van der Waals surface area contributed by atoms with Gasteiger partial charge in [0.05, 0.1) is 11.4 Å². The fourth-order valence-corrected chi connectivity index (χ4v) is 3.61. The quantitative estimate of drug-likeness (QED) is 0.632. The van der Waals surface area contributed by atoms with Crippen molar-refractivity contribution < 1.29 is 17.6 Å². The van der Waals surface area contributed by atoms with Crippen LogP contribution in [0.2, 0.25) is 0 Å². The van der Waals surface area contributed by atoms with Gasteiger partial charge in [-0.1, -0.05) is 0 Å². The molecule has 0 aliphatic rings. The minimum atomic E-state index is -3.47.